The standard InChI is InChI=1S/C14H21NO3/c16-12-6-15(18-7-12)14(17)13-10-2-8-1-9(4-10)5-11(13)3-8/h8-13,16H,1-7H2/t8?,9?,10?,11?,12-,13?/m1/s1. The summed E-state index contributed by atoms with van der Waals surface area (Å²) < 4.78 is 0. The fourth-order valence-corrected chi connectivity index (χ4v) is 5.12. The van der Waals surface area contributed by atoms with E-state index in [1.165, 1.54) is 37.2 Å². The second-order valence-corrected chi connectivity index (χ2v) is 6.81. The van der Waals surface area contributed by atoms with Gasteiger partial charge in [0.2, 0.25) is 5.91 Å². The van der Waals surface area contributed by atoms with Gasteiger partial charge in [0.15, 0.2) is 0 Å². The van der Waals surface area contributed by atoms with Crippen LogP contribution >= 0.6 is 0 Å². The summed E-state index contributed by atoms with van der Waals surface area (Å²) in [6, 6.07) is 0. The van der Waals surface area contributed by atoms with Crippen molar-refractivity contribution in [1.29, 1.82) is 0 Å². The molecule has 4 bridgehead atoms. The van der Waals surface area contributed by atoms with Gasteiger partial charge in [-0.25, -0.2) is 5.06 Å². The second kappa shape index (κ2) is 3.94. The first-order valence-electron chi connectivity index (χ1n) is 7.33. The van der Waals surface area contributed by atoms with Gasteiger partial charge in [0.1, 0.15) is 6.61 Å². The molecular formula is C14H21NO3. The predicted molar refractivity (Wildman–Crippen MR) is 64.2 cm³/mol. The third-order valence-electron chi connectivity index (χ3n) is 5.56. The third-order valence-corrected chi connectivity index (χ3v) is 5.56. The Kier molecular flexibility index (Phi) is 2.46. The quantitative estimate of drug-likeness (QED) is 0.761. The largest absolute Gasteiger partial charge is 0.389 e. The van der Waals surface area contributed by atoms with Crippen LogP contribution in [0, 0.1) is 29.6 Å². The highest BCUT2D eigenvalue weighted by molar-refractivity contribution is 5.79. The van der Waals surface area contributed by atoms with Crippen LogP contribution < -0.4 is 0 Å². The predicted octanol–water partition coefficient (Wildman–Crippen LogP) is 1.19. The van der Waals surface area contributed by atoms with Crippen molar-refractivity contribution in [2.75, 3.05) is 13.2 Å². The normalized spacial score (nSPS) is 49.9. The van der Waals surface area contributed by atoms with Crippen molar-refractivity contribution in [1.82, 2.24) is 5.06 Å². The fraction of sp³-hybridized carbons (Fsp3) is 0.929. The smallest absolute Gasteiger partial charge is 0.249 e. The zero-order valence-electron chi connectivity index (χ0n) is 10.6. The van der Waals surface area contributed by atoms with Gasteiger partial charge in [-0.15, -0.1) is 0 Å². The fourth-order valence-electron chi connectivity index (χ4n) is 5.12. The van der Waals surface area contributed by atoms with Crippen LogP contribution in [-0.4, -0.2) is 35.3 Å². The van der Waals surface area contributed by atoms with Gasteiger partial charge in [-0.3, -0.25) is 9.63 Å². The number of carbonyl (C=O) groups is 1. The topological polar surface area (TPSA) is 49.8 Å². The Hall–Kier alpha value is -0.610. The van der Waals surface area contributed by atoms with Crippen LogP contribution in [0.3, 0.4) is 0 Å². The molecule has 1 saturated heterocycles. The van der Waals surface area contributed by atoms with E-state index < -0.39 is 6.10 Å². The number of carbonyl (C=O) groups excluding carboxylic acids is 1. The van der Waals surface area contributed by atoms with E-state index in [1.807, 2.05) is 0 Å². The lowest BCUT2D eigenvalue weighted by Crippen LogP contribution is -2.51. The number of rotatable bonds is 1. The maximum atomic E-state index is 12.6. The van der Waals surface area contributed by atoms with Gasteiger partial charge in [0.25, 0.3) is 0 Å². The average Bonchev–Trinajstić information content (AvgIpc) is 2.74. The van der Waals surface area contributed by atoms with E-state index in [1.54, 1.807) is 0 Å². The molecule has 18 heavy (non-hydrogen) atoms. The molecule has 4 nitrogen and oxygen atoms in total. The molecule has 0 unspecified atom stereocenters. The first-order valence-corrected chi connectivity index (χ1v) is 7.33. The molecule has 0 aromatic heterocycles. The Morgan fingerprint density at radius 1 is 1.06 bits per heavy atom. The molecule has 1 heterocycles. The Balaban J connectivity index is 1.52. The minimum Gasteiger partial charge on any atom is -0.389 e. The first kappa shape index (κ1) is 11.2. The number of hydrogen-bond donors (Lipinski definition) is 1. The van der Waals surface area contributed by atoms with Crippen LogP contribution in [0.5, 0.6) is 0 Å². The number of β-amino-alcohol motifs (C(OH)–C–C–N with tert-alkyl or cyclic N) is 1. The Morgan fingerprint density at radius 3 is 2.17 bits per heavy atom. The van der Waals surface area contributed by atoms with Gasteiger partial charge in [-0.05, 0) is 55.8 Å². The Bertz CT molecular complexity index is 342. The minimum absolute atomic E-state index is 0.153. The number of amides is 1. The number of nitrogens with zero attached hydrogens (tertiary/aromatic N) is 1. The highest BCUT2D eigenvalue weighted by Crippen LogP contribution is 2.56. The second-order valence-electron chi connectivity index (χ2n) is 6.81. The van der Waals surface area contributed by atoms with Gasteiger partial charge < -0.3 is 5.11 Å². The summed E-state index contributed by atoms with van der Waals surface area (Å²) in [6.45, 7) is 0.640. The van der Waals surface area contributed by atoms with E-state index >= 15 is 0 Å². The zero-order chi connectivity index (χ0) is 12.3. The van der Waals surface area contributed by atoms with Crippen LogP contribution in [0.2, 0.25) is 0 Å². The lowest BCUT2D eigenvalue weighted by Gasteiger charge is -2.54. The van der Waals surface area contributed by atoms with Gasteiger partial charge in [-0.1, -0.05) is 0 Å². The van der Waals surface area contributed by atoms with Gasteiger partial charge in [0, 0.05) is 5.92 Å². The van der Waals surface area contributed by atoms with E-state index in [0.29, 0.717) is 18.4 Å². The number of hydrogen-bond acceptors (Lipinski definition) is 3. The monoisotopic (exact) mass is 251 g/mol. The Morgan fingerprint density at radius 2 is 1.67 bits per heavy atom. The Labute approximate surface area is 107 Å². The summed E-state index contributed by atoms with van der Waals surface area (Å²) in [7, 11) is 0. The van der Waals surface area contributed by atoms with Crippen LogP contribution in [0.25, 0.3) is 0 Å². The molecular weight excluding hydrogens is 230 g/mol. The molecule has 1 N–H and O–H groups in total. The summed E-state index contributed by atoms with van der Waals surface area (Å²) in [5.41, 5.74) is 0. The van der Waals surface area contributed by atoms with Crippen molar-refractivity contribution < 1.29 is 14.7 Å². The maximum absolute atomic E-state index is 12.6. The molecule has 1 atom stereocenters. The van der Waals surface area contributed by atoms with Crippen molar-refractivity contribution in [2.24, 2.45) is 29.6 Å². The summed E-state index contributed by atoms with van der Waals surface area (Å²) in [4.78, 5) is 17.9. The molecule has 5 aliphatic rings. The maximum Gasteiger partial charge on any atom is 0.249 e. The van der Waals surface area contributed by atoms with Crippen LogP contribution in [0.4, 0.5) is 0 Å². The molecule has 1 aliphatic heterocycles. The van der Waals surface area contributed by atoms with Crippen molar-refractivity contribution in [3.63, 3.8) is 0 Å². The van der Waals surface area contributed by atoms with E-state index in [9.17, 15) is 9.90 Å². The van der Waals surface area contributed by atoms with E-state index in [4.69, 9.17) is 4.84 Å². The average molecular weight is 251 g/mol. The SMILES string of the molecule is O=C(C1C2CC3CC(C2)CC1C3)N1C[C@@H](O)CO1. The molecule has 0 spiro atoms. The van der Waals surface area contributed by atoms with Gasteiger partial charge in [0.05, 0.1) is 12.6 Å². The summed E-state index contributed by atoms with van der Waals surface area (Å²) in [6.07, 6.45) is 5.91. The molecule has 4 aliphatic carbocycles. The summed E-state index contributed by atoms with van der Waals surface area (Å²) in [5, 5.41) is 10.9. The molecule has 0 aromatic rings. The van der Waals surface area contributed by atoms with Crippen molar-refractivity contribution in [3.8, 4) is 0 Å². The zero-order valence-corrected chi connectivity index (χ0v) is 10.6. The number of aliphatic hydroxyl groups excluding tert-OH is 1. The van der Waals surface area contributed by atoms with Gasteiger partial charge >= 0.3 is 0 Å². The van der Waals surface area contributed by atoms with Crippen molar-refractivity contribution in [2.45, 2.75) is 38.2 Å². The number of hydroxylamine groups is 2. The first-order chi connectivity index (χ1) is 8.70. The molecule has 0 radical (unpaired) electrons. The van der Waals surface area contributed by atoms with Crippen molar-refractivity contribution >= 4 is 5.91 Å². The van der Waals surface area contributed by atoms with Gasteiger partial charge in [-0.2, -0.15) is 0 Å². The number of aliphatic hydroxyl groups is 1. The highest BCUT2D eigenvalue weighted by Gasteiger charge is 2.52. The molecule has 5 fully saturated rings. The van der Waals surface area contributed by atoms with Crippen LogP contribution in [-0.2, 0) is 9.63 Å². The minimum atomic E-state index is -0.495. The molecule has 4 heteroatoms. The van der Waals surface area contributed by atoms with E-state index in [0.717, 1.165) is 11.8 Å². The molecule has 0 aromatic carbocycles. The summed E-state index contributed by atoms with van der Waals surface area (Å²) >= 11 is 0. The van der Waals surface area contributed by atoms with Crippen molar-refractivity contribution in [3.05, 3.63) is 0 Å². The molecule has 5 rings (SSSR count). The van der Waals surface area contributed by atoms with E-state index in [2.05, 4.69) is 0 Å². The van der Waals surface area contributed by atoms with E-state index in [-0.39, 0.29) is 18.4 Å². The lowest BCUT2D eigenvalue weighted by atomic mass is 9.51. The highest BCUT2D eigenvalue weighted by atomic mass is 16.7. The summed E-state index contributed by atoms with van der Waals surface area (Å²) in [5.74, 6) is 3.30. The van der Waals surface area contributed by atoms with Crippen LogP contribution in [0.15, 0.2) is 0 Å². The molecule has 1 amide bonds. The molecule has 100 valence electrons. The van der Waals surface area contributed by atoms with Crippen LogP contribution in [0.1, 0.15) is 32.1 Å². The lowest BCUT2D eigenvalue weighted by molar-refractivity contribution is -0.185. The third kappa shape index (κ3) is 1.62. The molecule has 4 saturated carbocycles.